The van der Waals surface area contributed by atoms with E-state index in [1.807, 2.05) is 24.3 Å². The van der Waals surface area contributed by atoms with Gasteiger partial charge >= 0.3 is 0 Å². The van der Waals surface area contributed by atoms with Crippen LogP contribution < -0.4 is 5.43 Å². The van der Waals surface area contributed by atoms with Crippen molar-refractivity contribution in [2.24, 2.45) is 21.8 Å². The molecule has 0 saturated heterocycles. The molecule has 0 spiro atoms. The SMILES string of the molecule is CC12CCC(C(=O)/C1=N/NC(=O)CCn1c3ccccc3c3ccccc31)C2(C)C. The molecule has 30 heavy (non-hydrogen) atoms. The quantitative estimate of drug-likeness (QED) is 0.645. The van der Waals surface area contributed by atoms with Crippen molar-refractivity contribution < 1.29 is 9.59 Å². The predicted octanol–water partition coefficient (Wildman–Crippen LogP) is 4.68. The van der Waals surface area contributed by atoms with Gasteiger partial charge in [0, 0.05) is 46.1 Å². The van der Waals surface area contributed by atoms with Crippen molar-refractivity contribution in [2.45, 2.75) is 46.6 Å². The molecule has 2 fully saturated rings. The first-order valence-electron chi connectivity index (χ1n) is 10.7. The van der Waals surface area contributed by atoms with E-state index in [9.17, 15) is 9.59 Å². The second kappa shape index (κ2) is 6.53. The van der Waals surface area contributed by atoms with Gasteiger partial charge in [-0.05, 0) is 30.4 Å². The van der Waals surface area contributed by atoms with Crippen molar-refractivity contribution in [2.75, 3.05) is 0 Å². The second-order valence-electron chi connectivity index (χ2n) is 9.44. The van der Waals surface area contributed by atoms with Gasteiger partial charge in [-0.2, -0.15) is 5.10 Å². The Kier molecular flexibility index (Phi) is 4.14. The van der Waals surface area contributed by atoms with Gasteiger partial charge in [-0.15, -0.1) is 0 Å². The van der Waals surface area contributed by atoms with Crippen LogP contribution in [0.1, 0.15) is 40.0 Å². The average Bonchev–Trinajstić information content (AvgIpc) is 3.22. The van der Waals surface area contributed by atoms with Crippen molar-refractivity contribution >= 4 is 39.2 Å². The van der Waals surface area contributed by atoms with Crippen LogP contribution in [0.25, 0.3) is 21.8 Å². The topological polar surface area (TPSA) is 63.5 Å². The number of hydrogen-bond acceptors (Lipinski definition) is 3. The molecule has 2 aliphatic carbocycles. The van der Waals surface area contributed by atoms with E-state index >= 15 is 0 Å². The van der Waals surface area contributed by atoms with Gasteiger partial charge in [0.25, 0.3) is 0 Å². The van der Waals surface area contributed by atoms with Crippen LogP contribution in [0.4, 0.5) is 0 Å². The minimum absolute atomic E-state index is 0.0238. The van der Waals surface area contributed by atoms with Gasteiger partial charge in [-0.1, -0.05) is 57.2 Å². The zero-order valence-corrected chi connectivity index (χ0v) is 17.7. The summed E-state index contributed by atoms with van der Waals surface area (Å²) in [7, 11) is 0. The van der Waals surface area contributed by atoms with E-state index in [1.165, 1.54) is 10.8 Å². The fraction of sp³-hybridized carbons (Fsp3) is 0.400. The van der Waals surface area contributed by atoms with Crippen molar-refractivity contribution in [1.82, 2.24) is 9.99 Å². The Labute approximate surface area is 176 Å². The number of nitrogens with zero attached hydrogens (tertiary/aromatic N) is 2. The summed E-state index contributed by atoms with van der Waals surface area (Å²) in [4.78, 5) is 25.4. The molecule has 5 rings (SSSR count). The molecule has 1 N–H and O–H groups in total. The van der Waals surface area contributed by atoms with Crippen LogP contribution in [0.15, 0.2) is 53.6 Å². The van der Waals surface area contributed by atoms with Crippen LogP contribution in [0.5, 0.6) is 0 Å². The number of para-hydroxylation sites is 2. The van der Waals surface area contributed by atoms with E-state index in [2.05, 4.69) is 60.1 Å². The number of aromatic nitrogens is 1. The Bertz CT molecular complexity index is 1170. The fourth-order valence-corrected chi connectivity index (χ4v) is 5.63. The molecule has 2 aromatic carbocycles. The molecule has 0 aliphatic heterocycles. The summed E-state index contributed by atoms with van der Waals surface area (Å²) >= 11 is 0. The number of carbonyl (C=O) groups excluding carboxylic acids is 2. The number of nitrogens with one attached hydrogen (secondary N) is 1. The third kappa shape index (κ3) is 2.51. The molecule has 3 aromatic rings. The van der Waals surface area contributed by atoms with Gasteiger partial charge in [-0.3, -0.25) is 9.59 Å². The van der Waals surface area contributed by atoms with E-state index in [0.717, 1.165) is 23.9 Å². The van der Waals surface area contributed by atoms with Crippen molar-refractivity contribution in [3.05, 3.63) is 48.5 Å². The molecule has 5 nitrogen and oxygen atoms in total. The Morgan fingerprint density at radius 1 is 1.07 bits per heavy atom. The maximum Gasteiger partial charge on any atom is 0.241 e. The summed E-state index contributed by atoms with van der Waals surface area (Å²) in [6.45, 7) is 6.97. The lowest BCUT2D eigenvalue weighted by molar-refractivity contribution is -0.121. The number of hydrogen-bond donors (Lipinski definition) is 1. The van der Waals surface area contributed by atoms with Crippen molar-refractivity contribution in [3.63, 3.8) is 0 Å². The van der Waals surface area contributed by atoms with Gasteiger partial charge in [0.1, 0.15) is 5.71 Å². The molecular formula is C25H27N3O2. The van der Waals surface area contributed by atoms with E-state index in [0.29, 0.717) is 18.7 Å². The number of aryl methyl sites for hydroxylation is 1. The van der Waals surface area contributed by atoms with Crippen LogP contribution in [-0.4, -0.2) is 22.0 Å². The van der Waals surface area contributed by atoms with Crippen LogP contribution in [0.3, 0.4) is 0 Å². The first-order chi connectivity index (χ1) is 14.3. The third-order valence-electron chi connectivity index (χ3n) is 7.83. The molecule has 1 aromatic heterocycles. The largest absolute Gasteiger partial charge is 0.340 e. The van der Waals surface area contributed by atoms with Crippen molar-refractivity contribution in [1.29, 1.82) is 0 Å². The highest BCUT2D eigenvalue weighted by Crippen LogP contribution is 2.62. The normalized spacial score (nSPS) is 26.2. The average molecular weight is 402 g/mol. The molecule has 2 atom stereocenters. The minimum atomic E-state index is -0.255. The smallest absolute Gasteiger partial charge is 0.241 e. The summed E-state index contributed by atoms with van der Waals surface area (Å²) in [5.74, 6) is -0.0338. The maximum absolute atomic E-state index is 12.8. The molecule has 1 heterocycles. The molecule has 0 radical (unpaired) electrons. The molecule has 5 heteroatoms. The van der Waals surface area contributed by atoms with Gasteiger partial charge in [0.15, 0.2) is 5.78 Å². The third-order valence-corrected chi connectivity index (χ3v) is 7.83. The Morgan fingerprint density at radius 2 is 1.67 bits per heavy atom. The summed E-state index contributed by atoms with van der Waals surface area (Å²) in [5.41, 5.74) is 5.11. The second-order valence-corrected chi connectivity index (χ2v) is 9.44. The number of ketones is 1. The zero-order valence-electron chi connectivity index (χ0n) is 17.7. The zero-order chi connectivity index (χ0) is 21.1. The summed E-state index contributed by atoms with van der Waals surface area (Å²) in [6.07, 6.45) is 2.17. The van der Waals surface area contributed by atoms with E-state index in [4.69, 9.17) is 0 Å². The summed E-state index contributed by atoms with van der Waals surface area (Å²) in [6, 6.07) is 16.5. The van der Waals surface area contributed by atoms with Gasteiger partial charge < -0.3 is 4.57 Å². The molecular weight excluding hydrogens is 374 g/mol. The van der Waals surface area contributed by atoms with E-state index in [1.54, 1.807) is 0 Å². The van der Waals surface area contributed by atoms with E-state index in [-0.39, 0.29) is 28.4 Å². The van der Waals surface area contributed by atoms with Crippen LogP contribution in [0.2, 0.25) is 0 Å². The van der Waals surface area contributed by atoms with Crippen molar-refractivity contribution in [3.8, 4) is 0 Å². The highest BCUT2D eigenvalue weighted by molar-refractivity contribution is 6.45. The molecule has 2 aliphatic rings. The van der Waals surface area contributed by atoms with Crippen LogP contribution in [0, 0.1) is 16.7 Å². The number of Topliss-reactive ketones (excluding diaryl/α,β-unsaturated/α-hetero) is 1. The number of carbonyl (C=O) groups is 2. The van der Waals surface area contributed by atoms with Gasteiger partial charge in [-0.25, -0.2) is 5.43 Å². The Hall–Kier alpha value is -2.95. The number of benzene rings is 2. The molecule has 2 saturated carbocycles. The number of amides is 1. The molecule has 154 valence electrons. The van der Waals surface area contributed by atoms with E-state index < -0.39 is 0 Å². The van der Waals surface area contributed by atoms with Crippen LogP contribution >= 0.6 is 0 Å². The summed E-state index contributed by atoms with van der Waals surface area (Å²) in [5, 5.41) is 6.72. The van der Waals surface area contributed by atoms with Gasteiger partial charge in [0.05, 0.1) is 0 Å². The molecule has 2 unspecified atom stereocenters. The first kappa shape index (κ1) is 19.0. The van der Waals surface area contributed by atoms with Crippen LogP contribution in [-0.2, 0) is 16.1 Å². The monoisotopic (exact) mass is 401 g/mol. The molecule has 1 amide bonds. The fourth-order valence-electron chi connectivity index (χ4n) is 5.63. The lowest BCUT2D eigenvalue weighted by Crippen LogP contribution is -2.36. The lowest BCUT2D eigenvalue weighted by atomic mass is 9.70. The highest BCUT2D eigenvalue weighted by Gasteiger charge is 2.65. The van der Waals surface area contributed by atoms with Gasteiger partial charge in [0.2, 0.25) is 5.91 Å². The molecule has 2 bridgehead atoms. The minimum Gasteiger partial charge on any atom is -0.340 e. The number of fused-ring (bicyclic) bond motifs is 5. The number of rotatable bonds is 4. The standard InChI is InChI=1S/C25H27N3O2/c1-24(2)18-12-14-25(24,3)23(22(18)30)27-26-21(29)13-15-28-19-10-6-4-8-16(19)17-9-5-7-11-20(17)28/h4-11,18H,12-15H2,1-3H3,(H,26,29)/b27-23-. The Morgan fingerprint density at radius 3 is 2.23 bits per heavy atom. The maximum atomic E-state index is 12.8. The highest BCUT2D eigenvalue weighted by atomic mass is 16.2. The summed E-state index contributed by atoms with van der Waals surface area (Å²) < 4.78 is 2.19. The predicted molar refractivity (Wildman–Crippen MR) is 119 cm³/mol. The first-order valence-corrected chi connectivity index (χ1v) is 10.7. The number of hydrazone groups is 1. The lowest BCUT2D eigenvalue weighted by Gasteiger charge is -2.33. The Balaban J connectivity index is 1.35.